The smallest absolute Gasteiger partial charge is 0.296 e. The Kier molecular flexibility index (Phi) is 7.10. The first-order valence-corrected chi connectivity index (χ1v) is 11.3. The maximum Gasteiger partial charge on any atom is 0.296 e. The second kappa shape index (κ2) is 10.4. The van der Waals surface area contributed by atoms with Gasteiger partial charge in [0.1, 0.15) is 17.3 Å². The van der Waals surface area contributed by atoms with Crippen LogP contribution < -0.4 is 14.2 Å². The van der Waals surface area contributed by atoms with E-state index in [4.69, 9.17) is 18.6 Å². The van der Waals surface area contributed by atoms with Gasteiger partial charge in [-0.1, -0.05) is 6.07 Å². The van der Waals surface area contributed by atoms with Gasteiger partial charge in [0, 0.05) is 5.56 Å². The number of ether oxygens (including phenoxy) is 3. The summed E-state index contributed by atoms with van der Waals surface area (Å²) in [4.78, 5) is 27.7. The second-order valence-electron chi connectivity index (χ2n) is 7.81. The fourth-order valence-corrected chi connectivity index (χ4v) is 4.12. The van der Waals surface area contributed by atoms with Crippen LogP contribution in [0.25, 0.3) is 5.76 Å². The standard InChI is InChI=1S/C27H27NO7/c1-4-33-19-11-8-17(9-12-19)25(29)23-24(18-10-13-21(34-5-2)22(15-18)32-3)28(27(31)26(23)30)16-20-7-6-14-35-20/h6-15,24,29H,4-5,16H2,1-3H3. The van der Waals surface area contributed by atoms with Gasteiger partial charge in [-0.05, 0) is 67.9 Å². The molecule has 35 heavy (non-hydrogen) atoms. The number of nitrogens with zero attached hydrogens (tertiary/aromatic N) is 1. The van der Waals surface area contributed by atoms with E-state index in [2.05, 4.69) is 0 Å². The molecule has 4 rings (SSSR count). The van der Waals surface area contributed by atoms with Gasteiger partial charge in [-0.25, -0.2) is 0 Å². The minimum Gasteiger partial charge on any atom is -0.507 e. The van der Waals surface area contributed by atoms with Crippen molar-refractivity contribution in [1.29, 1.82) is 0 Å². The van der Waals surface area contributed by atoms with Crippen LogP contribution in [-0.2, 0) is 16.1 Å². The summed E-state index contributed by atoms with van der Waals surface area (Å²) in [7, 11) is 1.52. The van der Waals surface area contributed by atoms with Crippen LogP contribution in [0.4, 0.5) is 0 Å². The zero-order chi connectivity index (χ0) is 24.9. The first kappa shape index (κ1) is 23.9. The van der Waals surface area contributed by atoms with E-state index in [0.29, 0.717) is 47.3 Å². The second-order valence-corrected chi connectivity index (χ2v) is 7.81. The highest BCUT2D eigenvalue weighted by Crippen LogP contribution is 2.42. The average Bonchev–Trinajstić information content (AvgIpc) is 3.47. The van der Waals surface area contributed by atoms with Crippen LogP contribution in [0.5, 0.6) is 17.2 Å². The summed E-state index contributed by atoms with van der Waals surface area (Å²) < 4.78 is 22.0. The molecule has 2 heterocycles. The number of aliphatic hydroxyl groups is 1. The van der Waals surface area contributed by atoms with Crippen LogP contribution >= 0.6 is 0 Å². The van der Waals surface area contributed by atoms with Gasteiger partial charge in [0.25, 0.3) is 11.7 Å². The van der Waals surface area contributed by atoms with Gasteiger partial charge < -0.3 is 28.6 Å². The number of benzene rings is 2. The Labute approximate surface area is 203 Å². The number of ketones is 1. The normalized spacial score (nSPS) is 17.0. The first-order chi connectivity index (χ1) is 17.0. The molecule has 2 aromatic carbocycles. The van der Waals surface area contributed by atoms with Crippen LogP contribution in [0.2, 0.25) is 0 Å². The van der Waals surface area contributed by atoms with Crippen LogP contribution in [0, 0.1) is 0 Å². The molecule has 3 aromatic rings. The molecule has 1 aliphatic rings. The van der Waals surface area contributed by atoms with E-state index in [1.54, 1.807) is 54.6 Å². The lowest BCUT2D eigenvalue weighted by Crippen LogP contribution is -2.29. The van der Waals surface area contributed by atoms with E-state index in [1.165, 1.54) is 18.3 Å². The van der Waals surface area contributed by atoms with E-state index >= 15 is 0 Å². The molecule has 8 nitrogen and oxygen atoms in total. The Morgan fingerprint density at radius 3 is 2.37 bits per heavy atom. The molecule has 0 bridgehead atoms. The van der Waals surface area contributed by atoms with Crippen molar-refractivity contribution in [2.24, 2.45) is 0 Å². The molecule has 1 N–H and O–H groups in total. The van der Waals surface area contributed by atoms with Crippen molar-refractivity contribution in [2.75, 3.05) is 20.3 Å². The number of furan rings is 1. The number of hydrogen-bond acceptors (Lipinski definition) is 7. The lowest BCUT2D eigenvalue weighted by atomic mass is 9.95. The molecule has 1 fully saturated rings. The van der Waals surface area contributed by atoms with Gasteiger partial charge in [-0.2, -0.15) is 0 Å². The molecule has 0 radical (unpaired) electrons. The Morgan fingerprint density at radius 2 is 1.74 bits per heavy atom. The van der Waals surface area contributed by atoms with Crippen molar-refractivity contribution in [3.05, 3.63) is 83.3 Å². The zero-order valence-electron chi connectivity index (χ0n) is 19.8. The van der Waals surface area contributed by atoms with Crippen molar-refractivity contribution in [2.45, 2.75) is 26.4 Å². The van der Waals surface area contributed by atoms with Crippen molar-refractivity contribution in [3.8, 4) is 17.2 Å². The minimum absolute atomic E-state index is 0.0167. The van der Waals surface area contributed by atoms with Crippen LogP contribution in [-0.4, -0.2) is 42.0 Å². The number of methoxy groups -OCH3 is 1. The number of rotatable bonds is 9. The van der Waals surface area contributed by atoms with Gasteiger partial charge in [0.15, 0.2) is 11.5 Å². The summed E-state index contributed by atoms with van der Waals surface area (Å²) in [6.45, 7) is 4.74. The van der Waals surface area contributed by atoms with Gasteiger partial charge in [0.2, 0.25) is 0 Å². The highest BCUT2D eigenvalue weighted by Gasteiger charge is 2.46. The summed E-state index contributed by atoms with van der Waals surface area (Å²) in [5.74, 6) is 0.354. The molecule has 1 aromatic heterocycles. The third-order valence-corrected chi connectivity index (χ3v) is 5.69. The van der Waals surface area contributed by atoms with Crippen LogP contribution in [0.15, 0.2) is 70.9 Å². The number of likely N-dealkylation sites (tertiary alicyclic amines) is 1. The topological polar surface area (TPSA) is 98.4 Å². The number of Topliss-reactive ketones (excluding diaryl/α,β-unsaturated/α-hetero) is 1. The fourth-order valence-electron chi connectivity index (χ4n) is 4.12. The van der Waals surface area contributed by atoms with Gasteiger partial charge >= 0.3 is 0 Å². The fraction of sp³-hybridized carbons (Fsp3) is 0.259. The highest BCUT2D eigenvalue weighted by atomic mass is 16.5. The van der Waals surface area contributed by atoms with Crippen LogP contribution in [0.1, 0.15) is 36.8 Å². The summed E-state index contributed by atoms with van der Waals surface area (Å²) in [6.07, 6.45) is 1.50. The highest BCUT2D eigenvalue weighted by molar-refractivity contribution is 6.46. The van der Waals surface area contributed by atoms with E-state index in [1.807, 2.05) is 13.8 Å². The maximum atomic E-state index is 13.2. The maximum absolute atomic E-state index is 13.2. The molecular formula is C27H27NO7. The average molecular weight is 478 g/mol. The Morgan fingerprint density at radius 1 is 1.00 bits per heavy atom. The predicted octanol–water partition coefficient (Wildman–Crippen LogP) is 4.71. The summed E-state index contributed by atoms with van der Waals surface area (Å²) in [6, 6.07) is 14.5. The number of carbonyl (C=O) groups excluding carboxylic acids is 2. The largest absolute Gasteiger partial charge is 0.507 e. The Bertz CT molecular complexity index is 1230. The number of aliphatic hydroxyl groups excluding tert-OH is 1. The lowest BCUT2D eigenvalue weighted by molar-refractivity contribution is -0.140. The number of carbonyl (C=O) groups is 2. The molecule has 0 aliphatic carbocycles. The van der Waals surface area contributed by atoms with Crippen LogP contribution in [0.3, 0.4) is 0 Å². The predicted molar refractivity (Wildman–Crippen MR) is 128 cm³/mol. The molecule has 8 heteroatoms. The van der Waals surface area contributed by atoms with Gasteiger partial charge in [-0.15, -0.1) is 0 Å². The van der Waals surface area contributed by atoms with Crippen molar-refractivity contribution >= 4 is 17.4 Å². The monoisotopic (exact) mass is 477 g/mol. The SMILES string of the molecule is CCOc1ccc(C(O)=C2C(=O)C(=O)N(Cc3ccco3)C2c2ccc(OCC)c(OC)c2)cc1. The molecule has 1 saturated heterocycles. The van der Waals surface area contributed by atoms with Crippen molar-refractivity contribution in [3.63, 3.8) is 0 Å². The number of hydrogen-bond donors (Lipinski definition) is 1. The summed E-state index contributed by atoms with van der Waals surface area (Å²) in [5, 5.41) is 11.2. The van der Waals surface area contributed by atoms with Crippen molar-refractivity contribution < 1.29 is 33.3 Å². The third kappa shape index (κ3) is 4.73. The summed E-state index contributed by atoms with van der Waals surface area (Å²) >= 11 is 0. The molecule has 1 amide bonds. The molecule has 1 aliphatic heterocycles. The van der Waals surface area contributed by atoms with E-state index in [-0.39, 0.29) is 17.9 Å². The van der Waals surface area contributed by atoms with Gasteiger partial charge in [0.05, 0.1) is 44.7 Å². The van der Waals surface area contributed by atoms with Crippen molar-refractivity contribution in [1.82, 2.24) is 4.90 Å². The van der Waals surface area contributed by atoms with Gasteiger partial charge in [-0.3, -0.25) is 9.59 Å². The quantitative estimate of drug-likeness (QED) is 0.271. The molecule has 0 spiro atoms. The molecule has 0 saturated carbocycles. The zero-order valence-corrected chi connectivity index (χ0v) is 19.8. The lowest BCUT2D eigenvalue weighted by Gasteiger charge is -2.25. The molecule has 182 valence electrons. The molecule has 1 unspecified atom stereocenters. The molecular weight excluding hydrogens is 450 g/mol. The van der Waals surface area contributed by atoms with E-state index < -0.39 is 17.7 Å². The van der Waals surface area contributed by atoms with E-state index in [9.17, 15) is 14.7 Å². The Hall–Kier alpha value is -4.20. The minimum atomic E-state index is -0.865. The Balaban J connectivity index is 1.84. The van der Waals surface area contributed by atoms with E-state index in [0.717, 1.165) is 0 Å². The molecule has 1 atom stereocenters. The number of amides is 1. The first-order valence-electron chi connectivity index (χ1n) is 11.3. The third-order valence-electron chi connectivity index (χ3n) is 5.69. The summed E-state index contributed by atoms with van der Waals surface area (Å²) in [5.41, 5.74) is 0.966.